The SMILES string of the molecule is CC(=O)N(CCNS(=O)(=O)c1ccc(C)c(C)c1)c1ccc(C)c(Cl)c1. The van der Waals surface area contributed by atoms with Crippen molar-refractivity contribution >= 4 is 33.2 Å². The fourth-order valence-electron chi connectivity index (χ4n) is 2.47. The molecule has 0 aromatic heterocycles. The van der Waals surface area contributed by atoms with E-state index >= 15 is 0 Å². The molecule has 26 heavy (non-hydrogen) atoms. The molecule has 2 aromatic rings. The minimum absolute atomic E-state index is 0.0976. The molecular formula is C19H23ClN2O3S. The second-order valence-electron chi connectivity index (χ2n) is 6.25. The van der Waals surface area contributed by atoms with Gasteiger partial charge >= 0.3 is 0 Å². The zero-order valence-electron chi connectivity index (χ0n) is 15.3. The van der Waals surface area contributed by atoms with Gasteiger partial charge in [0.2, 0.25) is 15.9 Å². The number of aryl methyl sites for hydroxylation is 3. The summed E-state index contributed by atoms with van der Waals surface area (Å²) in [7, 11) is -3.63. The number of rotatable bonds is 6. The van der Waals surface area contributed by atoms with E-state index in [-0.39, 0.29) is 23.9 Å². The van der Waals surface area contributed by atoms with E-state index in [1.54, 1.807) is 30.3 Å². The van der Waals surface area contributed by atoms with Crippen molar-refractivity contribution in [2.45, 2.75) is 32.6 Å². The molecule has 0 saturated carbocycles. The molecule has 0 aliphatic rings. The summed E-state index contributed by atoms with van der Waals surface area (Å²) in [5, 5.41) is 0.560. The average molecular weight is 395 g/mol. The highest BCUT2D eigenvalue weighted by Gasteiger charge is 2.17. The van der Waals surface area contributed by atoms with E-state index in [4.69, 9.17) is 11.6 Å². The van der Waals surface area contributed by atoms with Crippen LogP contribution in [0.2, 0.25) is 5.02 Å². The Labute approximate surface area is 160 Å². The fourth-order valence-corrected chi connectivity index (χ4v) is 3.75. The minimum Gasteiger partial charge on any atom is -0.311 e. The van der Waals surface area contributed by atoms with Crippen molar-refractivity contribution in [3.8, 4) is 0 Å². The summed E-state index contributed by atoms with van der Waals surface area (Å²) < 4.78 is 27.4. The number of nitrogens with one attached hydrogen (secondary N) is 1. The summed E-state index contributed by atoms with van der Waals surface area (Å²) in [6.07, 6.45) is 0. The van der Waals surface area contributed by atoms with E-state index < -0.39 is 10.0 Å². The van der Waals surface area contributed by atoms with Crippen LogP contribution in [0.1, 0.15) is 23.6 Å². The summed E-state index contributed by atoms with van der Waals surface area (Å²) in [6, 6.07) is 10.3. The maximum absolute atomic E-state index is 12.4. The third-order valence-electron chi connectivity index (χ3n) is 4.26. The van der Waals surface area contributed by atoms with Gasteiger partial charge in [-0.15, -0.1) is 0 Å². The molecule has 7 heteroatoms. The lowest BCUT2D eigenvalue weighted by molar-refractivity contribution is -0.116. The molecule has 140 valence electrons. The summed E-state index contributed by atoms with van der Waals surface area (Å²) in [4.78, 5) is 13.7. The lowest BCUT2D eigenvalue weighted by atomic mass is 10.1. The number of hydrogen-bond acceptors (Lipinski definition) is 3. The minimum atomic E-state index is -3.63. The molecule has 0 aliphatic heterocycles. The van der Waals surface area contributed by atoms with Crippen LogP contribution in [0.3, 0.4) is 0 Å². The largest absolute Gasteiger partial charge is 0.311 e. The van der Waals surface area contributed by atoms with Crippen LogP contribution in [0.4, 0.5) is 5.69 Å². The number of sulfonamides is 1. The highest BCUT2D eigenvalue weighted by Crippen LogP contribution is 2.23. The van der Waals surface area contributed by atoms with Crippen molar-refractivity contribution < 1.29 is 13.2 Å². The van der Waals surface area contributed by atoms with E-state index in [0.29, 0.717) is 10.7 Å². The zero-order valence-corrected chi connectivity index (χ0v) is 16.9. The second-order valence-corrected chi connectivity index (χ2v) is 8.42. The summed E-state index contributed by atoms with van der Waals surface area (Å²) in [6.45, 7) is 7.41. The van der Waals surface area contributed by atoms with Crippen LogP contribution in [-0.4, -0.2) is 27.4 Å². The predicted molar refractivity (Wildman–Crippen MR) is 105 cm³/mol. The second kappa shape index (κ2) is 8.20. The molecule has 0 spiro atoms. The van der Waals surface area contributed by atoms with Crippen molar-refractivity contribution in [3.63, 3.8) is 0 Å². The number of halogens is 1. The lowest BCUT2D eigenvalue weighted by Gasteiger charge is -2.22. The van der Waals surface area contributed by atoms with E-state index in [9.17, 15) is 13.2 Å². The first-order chi connectivity index (χ1) is 12.1. The molecule has 0 radical (unpaired) electrons. The molecule has 0 fully saturated rings. The maximum Gasteiger partial charge on any atom is 0.240 e. The highest BCUT2D eigenvalue weighted by atomic mass is 35.5. The van der Waals surface area contributed by atoms with E-state index in [0.717, 1.165) is 16.7 Å². The number of anilines is 1. The van der Waals surface area contributed by atoms with Crippen molar-refractivity contribution in [1.82, 2.24) is 4.72 Å². The quantitative estimate of drug-likeness (QED) is 0.814. The van der Waals surface area contributed by atoms with Gasteiger partial charge in [-0.05, 0) is 61.7 Å². The number of benzene rings is 2. The number of carbonyl (C=O) groups excluding carboxylic acids is 1. The molecule has 1 N–H and O–H groups in total. The third kappa shape index (κ3) is 4.84. The first kappa shape index (κ1) is 20.4. The first-order valence-corrected chi connectivity index (χ1v) is 10.1. The van der Waals surface area contributed by atoms with Gasteiger partial charge in [-0.2, -0.15) is 0 Å². The molecule has 0 atom stereocenters. The Morgan fingerprint density at radius 2 is 1.69 bits per heavy atom. The van der Waals surface area contributed by atoms with Crippen LogP contribution in [0, 0.1) is 20.8 Å². The Bertz CT molecular complexity index is 926. The van der Waals surface area contributed by atoms with Crippen molar-refractivity contribution in [2.75, 3.05) is 18.0 Å². The molecule has 5 nitrogen and oxygen atoms in total. The van der Waals surface area contributed by atoms with Gasteiger partial charge in [0.25, 0.3) is 0 Å². The smallest absolute Gasteiger partial charge is 0.240 e. The number of hydrogen-bond donors (Lipinski definition) is 1. The average Bonchev–Trinajstić information content (AvgIpc) is 2.56. The molecule has 0 heterocycles. The Morgan fingerprint density at radius 1 is 1.04 bits per heavy atom. The Morgan fingerprint density at radius 3 is 2.27 bits per heavy atom. The van der Waals surface area contributed by atoms with Crippen LogP contribution < -0.4 is 9.62 Å². The van der Waals surface area contributed by atoms with Crippen LogP contribution in [-0.2, 0) is 14.8 Å². The number of carbonyl (C=O) groups is 1. The number of nitrogens with zero attached hydrogens (tertiary/aromatic N) is 1. The maximum atomic E-state index is 12.4. The van der Waals surface area contributed by atoms with Crippen LogP contribution in [0.15, 0.2) is 41.3 Å². The topological polar surface area (TPSA) is 66.5 Å². The molecule has 0 saturated heterocycles. The van der Waals surface area contributed by atoms with E-state index in [1.165, 1.54) is 11.8 Å². The van der Waals surface area contributed by atoms with Gasteiger partial charge < -0.3 is 4.90 Å². The third-order valence-corrected chi connectivity index (χ3v) is 6.13. The summed E-state index contributed by atoms with van der Waals surface area (Å²) in [5.74, 6) is -0.185. The van der Waals surface area contributed by atoms with Gasteiger partial charge in [-0.3, -0.25) is 4.79 Å². The van der Waals surface area contributed by atoms with Crippen LogP contribution >= 0.6 is 11.6 Å². The molecule has 2 aromatic carbocycles. The zero-order chi connectivity index (χ0) is 19.5. The van der Waals surface area contributed by atoms with Gasteiger partial charge in [0.05, 0.1) is 4.90 Å². The summed E-state index contributed by atoms with van der Waals surface area (Å²) >= 11 is 6.13. The molecule has 0 bridgehead atoms. The monoisotopic (exact) mass is 394 g/mol. The predicted octanol–water partition coefficient (Wildman–Crippen LogP) is 3.60. The van der Waals surface area contributed by atoms with Gasteiger partial charge in [-0.25, -0.2) is 13.1 Å². The first-order valence-electron chi connectivity index (χ1n) is 8.23. The Hall–Kier alpha value is -1.89. The molecule has 0 aliphatic carbocycles. The summed E-state index contributed by atoms with van der Waals surface area (Å²) in [5.41, 5.74) is 3.49. The Kier molecular flexibility index (Phi) is 6.44. The van der Waals surface area contributed by atoms with Gasteiger partial charge in [0.15, 0.2) is 0 Å². The van der Waals surface area contributed by atoms with E-state index in [1.807, 2.05) is 26.8 Å². The molecule has 2 rings (SSSR count). The van der Waals surface area contributed by atoms with Crippen LogP contribution in [0.25, 0.3) is 0 Å². The van der Waals surface area contributed by atoms with Gasteiger partial charge in [0, 0.05) is 30.7 Å². The highest BCUT2D eigenvalue weighted by molar-refractivity contribution is 7.89. The van der Waals surface area contributed by atoms with Crippen molar-refractivity contribution in [2.24, 2.45) is 0 Å². The number of amides is 1. The van der Waals surface area contributed by atoms with E-state index in [2.05, 4.69) is 4.72 Å². The van der Waals surface area contributed by atoms with Gasteiger partial charge in [-0.1, -0.05) is 23.7 Å². The van der Waals surface area contributed by atoms with Gasteiger partial charge in [0.1, 0.15) is 0 Å². The standard InChI is InChI=1S/C19H23ClN2O3S/c1-13-6-8-18(11-15(13)3)26(24,25)21-9-10-22(16(4)23)17-7-5-14(2)19(20)12-17/h5-8,11-12,21H,9-10H2,1-4H3. The molecular weight excluding hydrogens is 372 g/mol. The van der Waals surface area contributed by atoms with Crippen molar-refractivity contribution in [3.05, 3.63) is 58.1 Å². The van der Waals surface area contributed by atoms with Crippen LogP contribution in [0.5, 0.6) is 0 Å². The van der Waals surface area contributed by atoms with Crippen molar-refractivity contribution in [1.29, 1.82) is 0 Å². The fraction of sp³-hybridized carbons (Fsp3) is 0.316. The normalized spacial score (nSPS) is 11.4. The molecule has 0 unspecified atom stereocenters. The lowest BCUT2D eigenvalue weighted by Crippen LogP contribution is -2.37. The molecule has 1 amide bonds. The Balaban J connectivity index is 2.10.